The minimum Gasteiger partial charge on any atom is -0.492 e. The van der Waals surface area contributed by atoms with Crippen molar-refractivity contribution >= 4 is 35.6 Å². The molecule has 1 aromatic carbocycles. The predicted molar refractivity (Wildman–Crippen MR) is 83.0 cm³/mol. The molecule has 0 saturated carbocycles. The fraction of sp³-hybridized carbons (Fsp3) is 0.462. The number of ether oxygens (including phenoxy) is 2. The molecular weight excluding hydrogens is 303 g/mol. The molecule has 0 aromatic heterocycles. The highest BCUT2D eigenvalue weighted by atomic mass is 35.5. The second-order valence-electron chi connectivity index (χ2n) is 4.04. The Labute approximate surface area is 130 Å². The van der Waals surface area contributed by atoms with Crippen LogP contribution in [0.2, 0.25) is 5.02 Å². The molecule has 0 bridgehead atoms. The quantitative estimate of drug-likeness (QED) is 0.808. The Morgan fingerprint density at radius 3 is 2.75 bits per heavy atom. The van der Waals surface area contributed by atoms with Gasteiger partial charge in [-0.3, -0.25) is 4.79 Å². The summed E-state index contributed by atoms with van der Waals surface area (Å²) in [4.78, 5) is 11.7. The standard InChI is InChI=1S/C13H19ClN2O3.ClH/c1-3-6-19-12-5-4-9(7-10(12)14)16-13(17)11(15)8-18-2;/h4-5,7,11H,3,6,8,15H2,1-2H3,(H,16,17);1H. The van der Waals surface area contributed by atoms with E-state index in [1.54, 1.807) is 18.2 Å². The molecule has 0 aliphatic rings. The lowest BCUT2D eigenvalue weighted by Crippen LogP contribution is -2.39. The third-order valence-electron chi connectivity index (χ3n) is 2.34. The van der Waals surface area contributed by atoms with Gasteiger partial charge >= 0.3 is 0 Å². The molecule has 0 heterocycles. The van der Waals surface area contributed by atoms with Crippen LogP contribution in [0.1, 0.15) is 13.3 Å². The van der Waals surface area contributed by atoms with Crippen LogP contribution >= 0.6 is 24.0 Å². The Morgan fingerprint density at radius 1 is 1.50 bits per heavy atom. The molecule has 20 heavy (non-hydrogen) atoms. The van der Waals surface area contributed by atoms with Crippen molar-refractivity contribution in [2.24, 2.45) is 5.73 Å². The molecule has 1 amide bonds. The number of hydrogen-bond acceptors (Lipinski definition) is 4. The monoisotopic (exact) mass is 322 g/mol. The highest BCUT2D eigenvalue weighted by molar-refractivity contribution is 6.32. The number of carbonyl (C=O) groups excluding carboxylic acids is 1. The fourth-order valence-electron chi connectivity index (χ4n) is 1.40. The number of rotatable bonds is 7. The molecular formula is C13H20Cl2N2O3. The molecule has 0 spiro atoms. The molecule has 1 unspecified atom stereocenters. The van der Waals surface area contributed by atoms with Crippen molar-refractivity contribution in [3.05, 3.63) is 23.2 Å². The van der Waals surface area contributed by atoms with Crippen molar-refractivity contribution in [3.63, 3.8) is 0 Å². The molecule has 0 radical (unpaired) electrons. The molecule has 1 aromatic rings. The van der Waals surface area contributed by atoms with Crippen molar-refractivity contribution in [1.82, 2.24) is 0 Å². The first kappa shape index (κ1) is 19.0. The summed E-state index contributed by atoms with van der Waals surface area (Å²) in [5.74, 6) is 0.280. The summed E-state index contributed by atoms with van der Waals surface area (Å²) in [6.07, 6.45) is 0.903. The van der Waals surface area contributed by atoms with Crippen LogP contribution in [-0.2, 0) is 9.53 Å². The molecule has 0 saturated heterocycles. The average Bonchev–Trinajstić information content (AvgIpc) is 2.38. The first-order valence-electron chi connectivity index (χ1n) is 6.06. The van der Waals surface area contributed by atoms with E-state index in [1.165, 1.54) is 7.11 Å². The first-order valence-corrected chi connectivity index (χ1v) is 6.44. The van der Waals surface area contributed by atoms with Crippen LogP contribution in [0.5, 0.6) is 5.75 Å². The lowest BCUT2D eigenvalue weighted by atomic mass is 10.2. The maximum Gasteiger partial charge on any atom is 0.243 e. The average molecular weight is 323 g/mol. The summed E-state index contributed by atoms with van der Waals surface area (Å²) >= 11 is 6.06. The van der Waals surface area contributed by atoms with Crippen LogP contribution < -0.4 is 15.8 Å². The van der Waals surface area contributed by atoms with Gasteiger partial charge in [0, 0.05) is 12.8 Å². The van der Waals surface area contributed by atoms with E-state index in [1.807, 2.05) is 6.92 Å². The maximum atomic E-state index is 11.7. The number of benzene rings is 1. The van der Waals surface area contributed by atoms with Gasteiger partial charge in [0.25, 0.3) is 0 Å². The Hall–Kier alpha value is -1.01. The Kier molecular flexibility index (Phi) is 9.33. The summed E-state index contributed by atoms with van der Waals surface area (Å²) < 4.78 is 10.3. The van der Waals surface area contributed by atoms with Gasteiger partial charge in [-0.05, 0) is 24.6 Å². The first-order chi connectivity index (χ1) is 9.08. The molecule has 5 nitrogen and oxygen atoms in total. The van der Waals surface area contributed by atoms with Gasteiger partial charge < -0.3 is 20.5 Å². The summed E-state index contributed by atoms with van der Waals surface area (Å²) in [6, 6.07) is 4.35. The number of halogens is 2. The summed E-state index contributed by atoms with van der Waals surface area (Å²) in [5.41, 5.74) is 6.19. The van der Waals surface area contributed by atoms with Crippen molar-refractivity contribution in [2.45, 2.75) is 19.4 Å². The van der Waals surface area contributed by atoms with Crippen molar-refractivity contribution in [1.29, 1.82) is 0 Å². The van der Waals surface area contributed by atoms with Crippen LogP contribution in [-0.4, -0.2) is 32.3 Å². The third-order valence-corrected chi connectivity index (χ3v) is 2.64. The molecule has 1 rings (SSSR count). The second kappa shape index (κ2) is 9.83. The van der Waals surface area contributed by atoms with Gasteiger partial charge in [0.05, 0.1) is 18.2 Å². The smallest absolute Gasteiger partial charge is 0.243 e. The van der Waals surface area contributed by atoms with Crippen LogP contribution in [0.3, 0.4) is 0 Å². The van der Waals surface area contributed by atoms with Crippen molar-refractivity contribution in [3.8, 4) is 5.75 Å². The van der Waals surface area contributed by atoms with Crippen molar-refractivity contribution < 1.29 is 14.3 Å². The topological polar surface area (TPSA) is 73.6 Å². The van der Waals surface area contributed by atoms with E-state index in [4.69, 9.17) is 26.8 Å². The molecule has 114 valence electrons. The number of hydrogen-bond donors (Lipinski definition) is 2. The Morgan fingerprint density at radius 2 is 2.20 bits per heavy atom. The van der Waals surface area contributed by atoms with Gasteiger partial charge in [0.15, 0.2) is 0 Å². The number of methoxy groups -OCH3 is 1. The SMILES string of the molecule is CCCOc1ccc(NC(=O)C(N)COC)cc1Cl.Cl. The normalized spacial score (nSPS) is 11.4. The minimum absolute atomic E-state index is 0. The van der Waals surface area contributed by atoms with E-state index in [9.17, 15) is 4.79 Å². The van der Waals surface area contributed by atoms with Gasteiger partial charge in [-0.1, -0.05) is 18.5 Å². The van der Waals surface area contributed by atoms with Crippen LogP contribution in [0.25, 0.3) is 0 Å². The van der Waals surface area contributed by atoms with E-state index < -0.39 is 6.04 Å². The van der Waals surface area contributed by atoms with E-state index >= 15 is 0 Å². The van der Waals surface area contributed by atoms with Gasteiger partial charge in [-0.25, -0.2) is 0 Å². The number of carbonyl (C=O) groups is 1. The molecule has 7 heteroatoms. The minimum atomic E-state index is -0.709. The molecule has 1 atom stereocenters. The maximum absolute atomic E-state index is 11.7. The zero-order valence-corrected chi connectivity index (χ0v) is 13.1. The zero-order valence-electron chi connectivity index (χ0n) is 11.5. The molecule has 0 fully saturated rings. The van der Waals surface area contributed by atoms with E-state index in [-0.39, 0.29) is 24.9 Å². The largest absolute Gasteiger partial charge is 0.492 e. The van der Waals surface area contributed by atoms with Crippen LogP contribution in [0.15, 0.2) is 18.2 Å². The zero-order chi connectivity index (χ0) is 14.3. The van der Waals surface area contributed by atoms with Crippen LogP contribution in [0.4, 0.5) is 5.69 Å². The molecule has 0 aliphatic carbocycles. The number of nitrogens with two attached hydrogens (primary N) is 1. The van der Waals surface area contributed by atoms with Gasteiger partial charge in [0.1, 0.15) is 11.8 Å². The second-order valence-corrected chi connectivity index (χ2v) is 4.45. The van der Waals surface area contributed by atoms with E-state index in [2.05, 4.69) is 5.32 Å². The highest BCUT2D eigenvalue weighted by Gasteiger charge is 2.13. The Balaban J connectivity index is 0.00000361. The number of anilines is 1. The van der Waals surface area contributed by atoms with Gasteiger partial charge in [-0.2, -0.15) is 0 Å². The lowest BCUT2D eigenvalue weighted by Gasteiger charge is -2.12. The predicted octanol–water partition coefficient (Wildman–Crippen LogP) is 2.46. The Bertz CT molecular complexity index is 430. The fourth-order valence-corrected chi connectivity index (χ4v) is 1.63. The highest BCUT2D eigenvalue weighted by Crippen LogP contribution is 2.27. The number of nitrogens with one attached hydrogen (secondary N) is 1. The summed E-state index contributed by atoms with van der Waals surface area (Å²) in [5, 5.41) is 3.12. The third kappa shape index (κ3) is 5.96. The number of amides is 1. The van der Waals surface area contributed by atoms with E-state index in [0.29, 0.717) is 23.1 Å². The van der Waals surface area contributed by atoms with Crippen LogP contribution in [0, 0.1) is 0 Å². The lowest BCUT2D eigenvalue weighted by molar-refractivity contribution is -0.118. The summed E-state index contributed by atoms with van der Waals surface area (Å²) in [7, 11) is 1.49. The van der Waals surface area contributed by atoms with Gasteiger partial charge in [-0.15, -0.1) is 12.4 Å². The molecule has 3 N–H and O–H groups in total. The summed E-state index contributed by atoms with van der Waals surface area (Å²) in [6.45, 7) is 2.78. The van der Waals surface area contributed by atoms with Crippen molar-refractivity contribution in [2.75, 3.05) is 25.6 Å². The van der Waals surface area contributed by atoms with E-state index in [0.717, 1.165) is 6.42 Å². The molecule has 0 aliphatic heterocycles. The van der Waals surface area contributed by atoms with Gasteiger partial charge in [0.2, 0.25) is 5.91 Å².